The molecule has 0 aliphatic heterocycles. The number of hydrogen-bond donors (Lipinski definition) is 1. The van der Waals surface area contributed by atoms with Gasteiger partial charge in [0.1, 0.15) is 0 Å². The van der Waals surface area contributed by atoms with Gasteiger partial charge in [0.2, 0.25) is 0 Å². The second-order valence-corrected chi connectivity index (χ2v) is 3.97. The van der Waals surface area contributed by atoms with Crippen LogP contribution in [0.3, 0.4) is 0 Å². The van der Waals surface area contributed by atoms with Crippen LogP contribution in [0.25, 0.3) is 5.69 Å². The number of tetrazole rings is 1. The summed E-state index contributed by atoms with van der Waals surface area (Å²) in [5.41, 5.74) is 2.20. The van der Waals surface area contributed by atoms with Crippen LogP contribution in [0, 0.1) is 6.92 Å². The highest BCUT2D eigenvalue weighted by Gasteiger charge is 2.08. The molecule has 0 fully saturated rings. The Labute approximate surface area is 101 Å². The third kappa shape index (κ3) is 2.68. The number of benzene rings is 1. The largest absolute Gasteiger partial charge is 0.310 e. The zero-order valence-corrected chi connectivity index (χ0v) is 10.2. The smallest absolute Gasteiger partial charge is 0.170 e. The summed E-state index contributed by atoms with van der Waals surface area (Å²) in [4.78, 5) is 0. The lowest BCUT2D eigenvalue weighted by Crippen LogP contribution is -2.18. The number of aryl methyl sites for hydroxylation is 1. The predicted octanol–water partition coefficient (Wildman–Crippen LogP) is 1.47. The van der Waals surface area contributed by atoms with Crippen LogP contribution in [-0.4, -0.2) is 26.8 Å². The van der Waals surface area contributed by atoms with E-state index in [1.165, 1.54) is 0 Å². The Bertz CT molecular complexity index is 477. The lowest BCUT2D eigenvalue weighted by molar-refractivity contribution is 0.632. The average Bonchev–Trinajstić information content (AvgIpc) is 2.78. The highest BCUT2D eigenvalue weighted by atomic mass is 15.5. The van der Waals surface area contributed by atoms with E-state index in [1.807, 2.05) is 18.2 Å². The molecule has 1 heterocycles. The number of hydrogen-bond acceptors (Lipinski definition) is 4. The van der Waals surface area contributed by atoms with Gasteiger partial charge in [-0.25, -0.2) is 0 Å². The molecule has 0 radical (unpaired) electrons. The van der Waals surface area contributed by atoms with E-state index in [9.17, 15) is 0 Å². The second-order valence-electron chi connectivity index (χ2n) is 3.97. The van der Waals surface area contributed by atoms with E-state index >= 15 is 0 Å². The molecule has 1 N–H and O–H groups in total. The SMILES string of the molecule is CCCNCc1nnnn1-c1ccccc1C. The summed E-state index contributed by atoms with van der Waals surface area (Å²) in [5.74, 6) is 0.841. The molecule has 90 valence electrons. The molecule has 17 heavy (non-hydrogen) atoms. The van der Waals surface area contributed by atoms with Crippen LogP contribution in [-0.2, 0) is 6.54 Å². The summed E-state index contributed by atoms with van der Waals surface area (Å²) in [7, 11) is 0. The lowest BCUT2D eigenvalue weighted by Gasteiger charge is -2.07. The first-order valence-electron chi connectivity index (χ1n) is 5.87. The minimum absolute atomic E-state index is 0.690. The van der Waals surface area contributed by atoms with Gasteiger partial charge >= 0.3 is 0 Å². The van der Waals surface area contributed by atoms with Crippen molar-refractivity contribution in [3.8, 4) is 5.69 Å². The molecule has 0 atom stereocenters. The number of rotatable bonds is 5. The topological polar surface area (TPSA) is 55.6 Å². The fraction of sp³-hybridized carbons (Fsp3) is 0.417. The van der Waals surface area contributed by atoms with Gasteiger partial charge in [-0.3, -0.25) is 0 Å². The van der Waals surface area contributed by atoms with Crippen molar-refractivity contribution < 1.29 is 0 Å². The van der Waals surface area contributed by atoms with E-state index in [4.69, 9.17) is 0 Å². The van der Waals surface area contributed by atoms with E-state index in [-0.39, 0.29) is 0 Å². The quantitative estimate of drug-likeness (QED) is 0.792. The molecule has 5 heteroatoms. The molecule has 0 amide bonds. The third-order valence-corrected chi connectivity index (χ3v) is 2.59. The Kier molecular flexibility index (Phi) is 3.82. The zero-order chi connectivity index (χ0) is 12.1. The molecule has 2 aromatic rings. The molecule has 0 aliphatic rings. The fourth-order valence-electron chi connectivity index (χ4n) is 1.68. The van der Waals surface area contributed by atoms with Crippen molar-refractivity contribution in [3.63, 3.8) is 0 Å². The minimum atomic E-state index is 0.690. The summed E-state index contributed by atoms with van der Waals surface area (Å²) in [5, 5.41) is 15.1. The third-order valence-electron chi connectivity index (χ3n) is 2.59. The van der Waals surface area contributed by atoms with Crippen molar-refractivity contribution in [2.45, 2.75) is 26.8 Å². The van der Waals surface area contributed by atoms with Crippen LogP contribution >= 0.6 is 0 Å². The molecule has 2 rings (SSSR count). The lowest BCUT2D eigenvalue weighted by atomic mass is 10.2. The van der Waals surface area contributed by atoms with Gasteiger partial charge in [0, 0.05) is 0 Å². The molecule has 0 bridgehead atoms. The molecule has 5 nitrogen and oxygen atoms in total. The number of para-hydroxylation sites is 1. The van der Waals surface area contributed by atoms with Gasteiger partial charge in [-0.15, -0.1) is 5.10 Å². The molecule has 0 aliphatic carbocycles. The molecule has 0 unspecified atom stereocenters. The van der Waals surface area contributed by atoms with Crippen molar-refractivity contribution in [1.29, 1.82) is 0 Å². The minimum Gasteiger partial charge on any atom is -0.310 e. The average molecular weight is 231 g/mol. The molecular formula is C12H17N5. The predicted molar refractivity (Wildman–Crippen MR) is 65.9 cm³/mol. The van der Waals surface area contributed by atoms with Crippen molar-refractivity contribution in [2.75, 3.05) is 6.54 Å². The summed E-state index contributed by atoms with van der Waals surface area (Å²) in [6.07, 6.45) is 1.10. The maximum absolute atomic E-state index is 4.04. The van der Waals surface area contributed by atoms with Crippen LogP contribution < -0.4 is 5.32 Å². The van der Waals surface area contributed by atoms with Crippen LogP contribution in [0.2, 0.25) is 0 Å². The van der Waals surface area contributed by atoms with Crippen molar-refractivity contribution >= 4 is 0 Å². The van der Waals surface area contributed by atoms with E-state index in [2.05, 4.69) is 40.8 Å². The van der Waals surface area contributed by atoms with E-state index < -0.39 is 0 Å². The highest BCUT2D eigenvalue weighted by molar-refractivity contribution is 5.39. The van der Waals surface area contributed by atoms with Gasteiger partial charge in [-0.1, -0.05) is 25.1 Å². The zero-order valence-electron chi connectivity index (χ0n) is 10.2. The van der Waals surface area contributed by atoms with Gasteiger partial charge < -0.3 is 5.32 Å². The van der Waals surface area contributed by atoms with Crippen LogP contribution in [0.15, 0.2) is 24.3 Å². The Morgan fingerprint density at radius 3 is 2.88 bits per heavy atom. The Balaban J connectivity index is 2.22. The van der Waals surface area contributed by atoms with Crippen LogP contribution in [0.5, 0.6) is 0 Å². The maximum Gasteiger partial charge on any atom is 0.170 e. The highest BCUT2D eigenvalue weighted by Crippen LogP contribution is 2.12. The second kappa shape index (κ2) is 5.54. The van der Waals surface area contributed by atoms with Gasteiger partial charge in [0.05, 0.1) is 12.2 Å². The van der Waals surface area contributed by atoms with E-state index in [0.717, 1.165) is 30.0 Å². The Morgan fingerprint density at radius 2 is 2.12 bits per heavy atom. The summed E-state index contributed by atoms with van der Waals surface area (Å²) >= 11 is 0. The number of nitrogens with zero attached hydrogens (tertiary/aromatic N) is 4. The Morgan fingerprint density at radius 1 is 1.29 bits per heavy atom. The summed E-state index contributed by atoms with van der Waals surface area (Å²) in [6, 6.07) is 8.08. The van der Waals surface area contributed by atoms with Gasteiger partial charge in [-0.2, -0.15) is 4.68 Å². The van der Waals surface area contributed by atoms with Gasteiger partial charge in [0.25, 0.3) is 0 Å². The van der Waals surface area contributed by atoms with Crippen LogP contribution in [0.1, 0.15) is 24.7 Å². The number of nitrogens with one attached hydrogen (secondary N) is 1. The Hall–Kier alpha value is -1.75. The van der Waals surface area contributed by atoms with Crippen molar-refractivity contribution in [1.82, 2.24) is 25.5 Å². The van der Waals surface area contributed by atoms with E-state index in [1.54, 1.807) is 4.68 Å². The first kappa shape index (κ1) is 11.7. The van der Waals surface area contributed by atoms with Gasteiger partial charge in [-0.05, 0) is 41.9 Å². The maximum atomic E-state index is 4.04. The van der Waals surface area contributed by atoms with Crippen LogP contribution in [0.4, 0.5) is 0 Å². The molecule has 1 aromatic carbocycles. The molecular weight excluding hydrogens is 214 g/mol. The monoisotopic (exact) mass is 231 g/mol. The van der Waals surface area contributed by atoms with Crippen molar-refractivity contribution in [2.24, 2.45) is 0 Å². The molecule has 0 saturated heterocycles. The normalized spacial score (nSPS) is 10.7. The molecule has 1 aromatic heterocycles. The first-order valence-corrected chi connectivity index (χ1v) is 5.87. The summed E-state index contributed by atoms with van der Waals surface area (Å²) < 4.78 is 1.79. The fourth-order valence-corrected chi connectivity index (χ4v) is 1.68. The van der Waals surface area contributed by atoms with Gasteiger partial charge in [0.15, 0.2) is 5.82 Å². The molecule has 0 saturated carbocycles. The van der Waals surface area contributed by atoms with E-state index in [0.29, 0.717) is 6.54 Å². The summed E-state index contributed by atoms with van der Waals surface area (Å²) in [6.45, 7) is 5.85. The first-order chi connectivity index (χ1) is 8.33. The standard InChI is InChI=1S/C12H17N5/c1-3-8-13-9-12-14-15-16-17(12)11-7-5-4-6-10(11)2/h4-7,13H,3,8-9H2,1-2H3. The van der Waals surface area contributed by atoms with Crippen molar-refractivity contribution in [3.05, 3.63) is 35.7 Å². The number of aromatic nitrogens is 4. The molecule has 0 spiro atoms.